The molecule has 5 heteroatoms. The van der Waals surface area contributed by atoms with E-state index in [4.69, 9.17) is 4.74 Å². The van der Waals surface area contributed by atoms with Gasteiger partial charge in [0, 0.05) is 18.2 Å². The maximum absolute atomic E-state index is 11.7. The standard InChI is InChI=1S/C15H21NO4/c1-11(2)7-8-14(17)16-12-5-4-6-13(9-12)20-10-15(18)19-3/h4-6,9,11H,7-8,10H2,1-3H3,(H,16,17). The van der Waals surface area contributed by atoms with Crippen molar-refractivity contribution < 1.29 is 19.1 Å². The van der Waals surface area contributed by atoms with Crippen LogP contribution in [0.1, 0.15) is 26.7 Å². The molecule has 0 radical (unpaired) electrons. The van der Waals surface area contributed by atoms with E-state index in [2.05, 4.69) is 23.9 Å². The molecule has 110 valence electrons. The fourth-order valence-electron chi connectivity index (χ4n) is 1.51. The monoisotopic (exact) mass is 279 g/mol. The Balaban J connectivity index is 2.50. The largest absolute Gasteiger partial charge is 0.482 e. The first-order valence-electron chi connectivity index (χ1n) is 6.60. The maximum atomic E-state index is 11.7. The summed E-state index contributed by atoms with van der Waals surface area (Å²) in [6.45, 7) is 4.00. The lowest BCUT2D eigenvalue weighted by atomic mass is 10.1. The predicted octanol–water partition coefficient (Wildman–Crippen LogP) is 2.61. The van der Waals surface area contributed by atoms with Gasteiger partial charge in [0.15, 0.2) is 6.61 Å². The van der Waals surface area contributed by atoms with Crippen LogP contribution in [-0.2, 0) is 14.3 Å². The molecular formula is C15H21NO4. The van der Waals surface area contributed by atoms with Gasteiger partial charge in [-0.3, -0.25) is 4.79 Å². The van der Waals surface area contributed by atoms with Gasteiger partial charge < -0.3 is 14.8 Å². The molecule has 0 atom stereocenters. The van der Waals surface area contributed by atoms with Crippen molar-refractivity contribution in [1.29, 1.82) is 0 Å². The number of carbonyl (C=O) groups excluding carboxylic acids is 2. The number of rotatable bonds is 7. The molecular weight excluding hydrogens is 258 g/mol. The molecule has 0 unspecified atom stereocenters. The molecule has 0 fully saturated rings. The highest BCUT2D eigenvalue weighted by Gasteiger charge is 2.06. The number of carbonyl (C=O) groups is 2. The number of anilines is 1. The molecule has 0 spiro atoms. The minimum absolute atomic E-state index is 0.0242. The summed E-state index contributed by atoms with van der Waals surface area (Å²) in [7, 11) is 1.30. The average molecular weight is 279 g/mol. The molecule has 0 aliphatic rings. The molecule has 0 aromatic heterocycles. The third kappa shape index (κ3) is 6.22. The lowest BCUT2D eigenvalue weighted by Gasteiger charge is -2.09. The zero-order chi connectivity index (χ0) is 15.0. The van der Waals surface area contributed by atoms with Crippen molar-refractivity contribution in [3.05, 3.63) is 24.3 Å². The summed E-state index contributed by atoms with van der Waals surface area (Å²) in [5.74, 6) is 0.535. The van der Waals surface area contributed by atoms with Gasteiger partial charge in [-0.25, -0.2) is 4.79 Å². The van der Waals surface area contributed by atoms with Crippen molar-refractivity contribution in [2.24, 2.45) is 5.92 Å². The lowest BCUT2D eigenvalue weighted by Crippen LogP contribution is -2.14. The smallest absolute Gasteiger partial charge is 0.343 e. The molecule has 0 heterocycles. The predicted molar refractivity (Wildman–Crippen MR) is 76.7 cm³/mol. The van der Waals surface area contributed by atoms with Gasteiger partial charge in [-0.15, -0.1) is 0 Å². The van der Waals surface area contributed by atoms with E-state index in [1.54, 1.807) is 24.3 Å². The summed E-state index contributed by atoms with van der Waals surface area (Å²) in [6.07, 6.45) is 1.34. The number of nitrogens with one attached hydrogen (secondary N) is 1. The van der Waals surface area contributed by atoms with Gasteiger partial charge in [0.25, 0.3) is 0 Å². The van der Waals surface area contributed by atoms with Gasteiger partial charge in [-0.05, 0) is 24.5 Å². The summed E-state index contributed by atoms with van der Waals surface area (Å²) < 4.78 is 9.74. The number of benzene rings is 1. The maximum Gasteiger partial charge on any atom is 0.343 e. The first-order valence-corrected chi connectivity index (χ1v) is 6.60. The second-order valence-corrected chi connectivity index (χ2v) is 4.87. The minimum Gasteiger partial charge on any atom is -0.482 e. The van der Waals surface area contributed by atoms with Crippen molar-refractivity contribution >= 4 is 17.6 Å². The van der Waals surface area contributed by atoms with Crippen LogP contribution in [-0.4, -0.2) is 25.6 Å². The average Bonchev–Trinajstić information content (AvgIpc) is 2.43. The number of hydrogen-bond acceptors (Lipinski definition) is 4. The zero-order valence-corrected chi connectivity index (χ0v) is 12.1. The number of hydrogen-bond donors (Lipinski definition) is 1. The molecule has 0 bridgehead atoms. The van der Waals surface area contributed by atoms with E-state index in [1.807, 2.05) is 0 Å². The van der Waals surface area contributed by atoms with Gasteiger partial charge >= 0.3 is 5.97 Å². The van der Waals surface area contributed by atoms with Crippen LogP contribution in [0.2, 0.25) is 0 Å². The van der Waals surface area contributed by atoms with E-state index < -0.39 is 5.97 Å². The topological polar surface area (TPSA) is 64.6 Å². The van der Waals surface area contributed by atoms with Crippen LogP contribution >= 0.6 is 0 Å². The van der Waals surface area contributed by atoms with Crippen molar-refractivity contribution in [1.82, 2.24) is 0 Å². The van der Waals surface area contributed by atoms with Crippen molar-refractivity contribution in [2.45, 2.75) is 26.7 Å². The van der Waals surface area contributed by atoms with Crippen LogP contribution < -0.4 is 10.1 Å². The number of esters is 1. The van der Waals surface area contributed by atoms with Crippen LogP contribution in [0.25, 0.3) is 0 Å². The number of methoxy groups -OCH3 is 1. The minimum atomic E-state index is -0.448. The van der Waals surface area contributed by atoms with E-state index in [9.17, 15) is 9.59 Å². The lowest BCUT2D eigenvalue weighted by molar-refractivity contribution is -0.142. The Bertz CT molecular complexity index is 457. The highest BCUT2D eigenvalue weighted by Crippen LogP contribution is 2.18. The van der Waals surface area contributed by atoms with Crippen molar-refractivity contribution in [3.63, 3.8) is 0 Å². The van der Waals surface area contributed by atoms with Gasteiger partial charge in [-0.1, -0.05) is 19.9 Å². The van der Waals surface area contributed by atoms with Crippen LogP contribution in [0.3, 0.4) is 0 Å². The highest BCUT2D eigenvalue weighted by atomic mass is 16.6. The third-order valence-corrected chi connectivity index (χ3v) is 2.65. The quantitative estimate of drug-likeness (QED) is 0.779. The molecule has 1 amide bonds. The molecule has 20 heavy (non-hydrogen) atoms. The zero-order valence-electron chi connectivity index (χ0n) is 12.1. The molecule has 1 aromatic rings. The first kappa shape index (κ1) is 16.0. The van der Waals surface area contributed by atoms with E-state index in [0.717, 1.165) is 6.42 Å². The van der Waals surface area contributed by atoms with Gasteiger partial charge in [0.2, 0.25) is 5.91 Å². The highest BCUT2D eigenvalue weighted by molar-refractivity contribution is 5.90. The van der Waals surface area contributed by atoms with Crippen LogP contribution in [0.5, 0.6) is 5.75 Å². The Kier molecular flexibility index (Phi) is 6.56. The van der Waals surface area contributed by atoms with E-state index in [0.29, 0.717) is 23.8 Å². The first-order chi connectivity index (χ1) is 9.51. The fraction of sp³-hybridized carbons (Fsp3) is 0.467. The Morgan fingerprint density at radius 1 is 1.30 bits per heavy atom. The molecule has 0 aliphatic carbocycles. The number of amides is 1. The summed E-state index contributed by atoms with van der Waals surface area (Å²) in [5, 5.41) is 2.80. The Morgan fingerprint density at radius 2 is 2.05 bits per heavy atom. The Hall–Kier alpha value is -2.04. The Labute approximate surface area is 119 Å². The van der Waals surface area contributed by atoms with Gasteiger partial charge in [-0.2, -0.15) is 0 Å². The van der Waals surface area contributed by atoms with Gasteiger partial charge in [0.05, 0.1) is 7.11 Å². The second-order valence-electron chi connectivity index (χ2n) is 4.87. The summed E-state index contributed by atoms with van der Waals surface area (Å²) in [4.78, 5) is 22.7. The Morgan fingerprint density at radius 3 is 2.70 bits per heavy atom. The molecule has 0 saturated heterocycles. The summed E-state index contributed by atoms with van der Waals surface area (Å²) in [5.41, 5.74) is 0.654. The third-order valence-electron chi connectivity index (χ3n) is 2.65. The summed E-state index contributed by atoms with van der Waals surface area (Å²) >= 11 is 0. The second kappa shape index (κ2) is 8.19. The van der Waals surface area contributed by atoms with E-state index >= 15 is 0 Å². The molecule has 1 rings (SSSR count). The molecule has 0 aliphatic heterocycles. The molecule has 5 nitrogen and oxygen atoms in total. The van der Waals surface area contributed by atoms with E-state index in [1.165, 1.54) is 7.11 Å². The fourth-order valence-corrected chi connectivity index (χ4v) is 1.51. The summed E-state index contributed by atoms with van der Waals surface area (Å²) in [6, 6.07) is 6.92. The van der Waals surface area contributed by atoms with E-state index in [-0.39, 0.29) is 12.5 Å². The normalized spacial score (nSPS) is 10.2. The van der Waals surface area contributed by atoms with Crippen LogP contribution in [0.15, 0.2) is 24.3 Å². The van der Waals surface area contributed by atoms with Crippen molar-refractivity contribution in [2.75, 3.05) is 19.0 Å². The number of ether oxygens (including phenoxy) is 2. The van der Waals surface area contributed by atoms with Gasteiger partial charge in [0.1, 0.15) is 5.75 Å². The molecule has 1 aromatic carbocycles. The van der Waals surface area contributed by atoms with Crippen LogP contribution in [0.4, 0.5) is 5.69 Å². The van der Waals surface area contributed by atoms with Crippen molar-refractivity contribution in [3.8, 4) is 5.75 Å². The molecule has 1 N–H and O–H groups in total. The SMILES string of the molecule is COC(=O)COc1cccc(NC(=O)CCC(C)C)c1. The molecule has 0 saturated carbocycles. The van der Waals surface area contributed by atoms with Crippen LogP contribution in [0, 0.1) is 5.92 Å².